The molecule has 2 heterocycles. The Bertz CT molecular complexity index is 1450. The summed E-state index contributed by atoms with van der Waals surface area (Å²) in [6.07, 6.45) is -2.30. The molecule has 0 saturated carbocycles. The Morgan fingerprint density at radius 2 is 1.83 bits per heavy atom. The van der Waals surface area contributed by atoms with Crippen molar-refractivity contribution in [1.29, 1.82) is 0 Å². The lowest BCUT2D eigenvalue weighted by molar-refractivity contribution is -0.137. The zero-order chi connectivity index (χ0) is 30.5. The first-order valence-corrected chi connectivity index (χ1v) is 16.4. The van der Waals surface area contributed by atoms with Gasteiger partial charge in [0.15, 0.2) is 9.84 Å². The molecule has 1 saturated heterocycles. The fourth-order valence-corrected chi connectivity index (χ4v) is 6.10. The van der Waals surface area contributed by atoms with Crippen molar-refractivity contribution < 1.29 is 36.2 Å². The second kappa shape index (κ2) is 13.7. The Morgan fingerprint density at radius 1 is 1.14 bits per heavy atom. The van der Waals surface area contributed by atoms with Gasteiger partial charge in [-0.25, -0.2) is 13.4 Å². The maximum absolute atomic E-state index is 13.0. The molecule has 3 atom stereocenters. The predicted octanol–water partition coefficient (Wildman–Crippen LogP) is 5.13. The van der Waals surface area contributed by atoms with E-state index in [1.54, 1.807) is 31.2 Å². The van der Waals surface area contributed by atoms with Crippen molar-refractivity contribution in [2.75, 3.05) is 35.0 Å². The predicted molar refractivity (Wildman–Crippen MR) is 160 cm³/mol. The van der Waals surface area contributed by atoms with E-state index in [1.807, 2.05) is 4.90 Å². The van der Waals surface area contributed by atoms with Crippen LogP contribution in [-0.4, -0.2) is 60.6 Å². The summed E-state index contributed by atoms with van der Waals surface area (Å²) in [6.45, 7) is 2.10. The van der Waals surface area contributed by atoms with Crippen molar-refractivity contribution in [2.24, 2.45) is 0 Å². The highest BCUT2D eigenvalue weighted by molar-refractivity contribution is 14.1. The van der Waals surface area contributed by atoms with E-state index in [1.165, 1.54) is 30.5 Å². The van der Waals surface area contributed by atoms with Crippen LogP contribution in [0.3, 0.4) is 0 Å². The monoisotopic (exact) mass is 717 g/mol. The number of carbonyl (C=O) groups excluding carboxylic acids is 1. The van der Waals surface area contributed by atoms with Crippen LogP contribution in [-0.2, 0) is 20.8 Å². The number of nitrogens with zero attached hydrogens (tertiary/aromatic N) is 2. The molecule has 42 heavy (non-hydrogen) atoms. The molecule has 3 aromatic rings. The number of amides is 1. The van der Waals surface area contributed by atoms with Crippen LogP contribution in [0.2, 0.25) is 0 Å². The van der Waals surface area contributed by atoms with E-state index in [0.29, 0.717) is 35.6 Å². The number of aliphatic hydroxyl groups excluding tert-OH is 1. The Balaban J connectivity index is 1.46. The quantitative estimate of drug-likeness (QED) is 0.209. The number of hydrogen-bond acceptors (Lipinski definition) is 7. The van der Waals surface area contributed by atoms with Gasteiger partial charge in [-0.1, -0.05) is 53.8 Å². The van der Waals surface area contributed by atoms with Gasteiger partial charge < -0.3 is 20.1 Å². The first kappa shape index (κ1) is 32.2. The number of carbonyl (C=O) groups is 1. The van der Waals surface area contributed by atoms with Gasteiger partial charge in [0.05, 0.1) is 51.7 Å². The smallest absolute Gasteiger partial charge is 0.394 e. The molecular formula is C29H31F3IN3O5S. The van der Waals surface area contributed by atoms with Crippen LogP contribution in [0.4, 0.5) is 19.0 Å². The van der Waals surface area contributed by atoms with Crippen LogP contribution >= 0.6 is 22.6 Å². The minimum absolute atomic E-state index is 0.0242. The number of halogens is 4. The van der Waals surface area contributed by atoms with Gasteiger partial charge in [0, 0.05) is 18.7 Å². The Kier molecular flexibility index (Phi) is 10.5. The number of rotatable bonds is 11. The highest BCUT2D eigenvalue weighted by Gasteiger charge is 2.35. The topological polar surface area (TPSA) is 109 Å². The summed E-state index contributed by atoms with van der Waals surface area (Å²) in [7, 11) is -3.37. The molecule has 2 aromatic carbocycles. The number of benzene rings is 2. The first-order valence-electron chi connectivity index (χ1n) is 13.2. The molecule has 1 unspecified atom stereocenters. The summed E-state index contributed by atoms with van der Waals surface area (Å²) in [4.78, 5) is 19.7. The lowest BCUT2D eigenvalue weighted by Crippen LogP contribution is -2.34. The number of ether oxygens (including phenoxy) is 1. The first-order chi connectivity index (χ1) is 20.0. The van der Waals surface area contributed by atoms with Crippen LogP contribution in [0.1, 0.15) is 52.4 Å². The second-order valence-electron chi connectivity index (χ2n) is 9.92. The van der Waals surface area contributed by atoms with Crippen molar-refractivity contribution in [3.05, 3.63) is 89.1 Å². The van der Waals surface area contributed by atoms with E-state index >= 15 is 0 Å². The number of alkyl halides is 4. The molecule has 1 amide bonds. The summed E-state index contributed by atoms with van der Waals surface area (Å²) in [5.41, 5.74) is 0.929. The second-order valence-corrected chi connectivity index (χ2v) is 12.8. The molecule has 2 N–H and O–H groups in total. The lowest BCUT2D eigenvalue weighted by Gasteiger charge is -2.25. The van der Waals surface area contributed by atoms with Crippen molar-refractivity contribution >= 4 is 44.2 Å². The van der Waals surface area contributed by atoms with Crippen LogP contribution in [0.5, 0.6) is 0 Å². The molecule has 1 aliphatic heterocycles. The van der Waals surface area contributed by atoms with Gasteiger partial charge in [-0.3, -0.25) is 4.79 Å². The Morgan fingerprint density at radius 3 is 2.38 bits per heavy atom. The largest absolute Gasteiger partial charge is 0.416 e. The minimum Gasteiger partial charge on any atom is -0.394 e. The molecular weight excluding hydrogens is 686 g/mol. The molecule has 0 spiro atoms. The molecule has 0 aliphatic carbocycles. The minimum atomic E-state index is -4.39. The molecule has 1 fully saturated rings. The van der Waals surface area contributed by atoms with Gasteiger partial charge in [-0.15, -0.1) is 0 Å². The molecule has 4 rings (SSSR count). The average molecular weight is 718 g/mol. The number of anilines is 1. The van der Waals surface area contributed by atoms with E-state index in [9.17, 15) is 31.5 Å². The third-order valence-electron chi connectivity index (χ3n) is 7.33. The highest BCUT2D eigenvalue weighted by Crippen LogP contribution is 2.36. The standard InChI is InChI=1S/C29H31F3IN3O5S/c1-2-42(39,40)25-10-5-20(6-11-25)26(16-37)35-28(38)21-7-12-27(34-14-21)36-15-22(13-24(36)17-41-18-33)19-3-8-23(9-4-19)29(30,31)32/h3-12,14,22,24,26,37H,2,13,15-18H2,1H3,(H,35,38)/t22?,24-,26-/m0/s1. The fraction of sp³-hybridized carbons (Fsp3) is 0.379. The fourth-order valence-electron chi connectivity index (χ4n) is 4.96. The summed E-state index contributed by atoms with van der Waals surface area (Å²) in [5, 5.41) is 12.6. The van der Waals surface area contributed by atoms with Gasteiger partial charge in [0.25, 0.3) is 5.91 Å². The highest BCUT2D eigenvalue weighted by atomic mass is 127. The number of pyridine rings is 1. The molecule has 0 bridgehead atoms. The number of nitrogens with one attached hydrogen (secondary N) is 1. The maximum atomic E-state index is 13.0. The Labute approximate surface area is 256 Å². The van der Waals surface area contributed by atoms with Crippen LogP contribution in [0.25, 0.3) is 0 Å². The van der Waals surface area contributed by atoms with Crippen molar-refractivity contribution in [1.82, 2.24) is 10.3 Å². The zero-order valence-electron chi connectivity index (χ0n) is 22.7. The Hall–Kier alpha value is -2.75. The SMILES string of the molecule is CCS(=O)(=O)c1ccc([C@H](CO)NC(=O)c2ccc(N3CC(c4ccc(C(F)(F)F)cc4)C[C@H]3COCI)nc2)cc1. The number of aromatic nitrogens is 1. The van der Waals surface area contributed by atoms with Crippen LogP contribution < -0.4 is 10.2 Å². The summed E-state index contributed by atoms with van der Waals surface area (Å²) in [6, 6.07) is 13.8. The van der Waals surface area contributed by atoms with Crippen molar-refractivity contribution in [3.63, 3.8) is 0 Å². The molecule has 13 heteroatoms. The average Bonchev–Trinajstić information content (AvgIpc) is 3.42. The van der Waals surface area contributed by atoms with Crippen LogP contribution in [0, 0.1) is 0 Å². The maximum Gasteiger partial charge on any atom is 0.416 e. The molecule has 226 valence electrons. The van der Waals surface area contributed by atoms with Gasteiger partial charge in [-0.05, 0) is 53.9 Å². The van der Waals surface area contributed by atoms with Gasteiger partial charge >= 0.3 is 6.18 Å². The van der Waals surface area contributed by atoms with Gasteiger partial charge in [0.1, 0.15) is 5.82 Å². The molecule has 0 radical (unpaired) electrons. The van der Waals surface area contributed by atoms with E-state index < -0.39 is 40.1 Å². The summed E-state index contributed by atoms with van der Waals surface area (Å²) >= 11 is 2.11. The number of sulfone groups is 1. The summed E-state index contributed by atoms with van der Waals surface area (Å²) in [5.74, 6) is 0.0832. The lowest BCUT2D eigenvalue weighted by atomic mass is 9.95. The molecule has 1 aromatic heterocycles. The van der Waals surface area contributed by atoms with E-state index in [4.69, 9.17) is 4.74 Å². The van der Waals surface area contributed by atoms with Gasteiger partial charge in [0.2, 0.25) is 0 Å². The number of aliphatic hydroxyl groups is 1. The van der Waals surface area contributed by atoms with Crippen LogP contribution in [0.15, 0.2) is 71.8 Å². The van der Waals surface area contributed by atoms with Crippen molar-refractivity contribution in [3.8, 4) is 0 Å². The molecule has 1 aliphatic rings. The third-order valence-corrected chi connectivity index (χ3v) is 9.52. The summed E-state index contributed by atoms with van der Waals surface area (Å²) < 4.78 is 69.3. The normalized spacial score (nSPS) is 18.2. The van der Waals surface area contributed by atoms with E-state index in [0.717, 1.165) is 17.7 Å². The molecule has 8 nitrogen and oxygen atoms in total. The third kappa shape index (κ3) is 7.60. The zero-order valence-corrected chi connectivity index (χ0v) is 25.7. The van der Waals surface area contributed by atoms with E-state index in [-0.39, 0.29) is 28.2 Å². The number of hydrogen-bond donors (Lipinski definition) is 2. The van der Waals surface area contributed by atoms with Gasteiger partial charge in [-0.2, -0.15) is 13.2 Å². The van der Waals surface area contributed by atoms with E-state index in [2.05, 4.69) is 32.9 Å². The van der Waals surface area contributed by atoms with Crippen molar-refractivity contribution in [2.45, 2.75) is 42.4 Å².